The van der Waals surface area contributed by atoms with Gasteiger partial charge in [0.15, 0.2) is 0 Å². The fourth-order valence-corrected chi connectivity index (χ4v) is 3.95. The van der Waals surface area contributed by atoms with Crippen LogP contribution < -0.4 is 10.5 Å². The molecule has 0 amide bonds. The molecule has 0 aliphatic carbocycles. The SMILES string of the molecule is CC1CCCN(CC2C(N)c3cc(F)ccc3OC2(C)C)C1. The Kier molecular flexibility index (Phi) is 4.17. The molecular formula is C18H27FN2O. The van der Waals surface area contributed by atoms with Gasteiger partial charge in [-0.25, -0.2) is 4.39 Å². The second-order valence-corrected chi connectivity index (χ2v) is 7.53. The van der Waals surface area contributed by atoms with Crippen molar-refractivity contribution in [2.75, 3.05) is 19.6 Å². The summed E-state index contributed by atoms with van der Waals surface area (Å²) in [6.07, 6.45) is 2.55. The number of benzene rings is 1. The van der Waals surface area contributed by atoms with Crippen molar-refractivity contribution in [1.29, 1.82) is 0 Å². The van der Waals surface area contributed by atoms with Gasteiger partial charge in [0.1, 0.15) is 17.2 Å². The summed E-state index contributed by atoms with van der Waals surface area (Å²) < 4.78 is 19.7. The number of rotatable bonds is 2. The van der Waals surface area contributed by atoms with E-state index in [-0.39, 0.29) is 23.4 Å². The topological polar surface area (TPSA) is 38.5 Å². The molecule has 2 N–H and O–H groups in total. The third-order valence-corrected chi connectivity index (χ3v) is 5.23. The van der Waals surface area contributed by atoms with E-state index in [4.69, 9.17) is 10.5 Å². The largest absolute Gasteiger partial charge is 0.487 e. The van der Waals surface area contributed by atoms with E-state index >= 15 is 0 Å². The maximum absolute atomic E-state index is 13.6. The van der Waals surface area contributed by atoms with E-state index in [0.29, 0.717) is 0 Å². The van der Waals surface area contributed by atoms with Crippen LogP contribution in [0.3, 0.4) is 0 Å². The first-order valence-electron chi connectivity index (χ1n) is 8.33. The number of hydrogen-bond acceptors (Lipinski definition) is 3. The Morgan fingerprint density at radius 3 is 2.91 bits per heavy atom. The summed E-state index contributed by atoms with van der Waals surface area (Å²) in [7, 11) is 0. The molecule has 1 saturated heterocycles. The van der Waals surface area contributed by atoms with Crippen LogP contribution in [-0.4, -0.2) is 30.1 Å². The Hall–Kier alpha value is -1.13. The van der Waals surface area contributed by atoms with Gasteiger partial charge in [-0.3, -0.25) is 0 Å². The van der Waals surface area contributed by atoms with Gasteiger partial charge in [0.2, 0.25) is 0 Å². The van der Waals surface area contributed by atoms with Crippen molar-refractivity contribution in [2.45, 2.75) is 45.3 Å². The zero-order chi connectivity index (χ0) is 15.9. The third kappa shape index (κ3) is 2.99. The van der Waals surface area contributed by atoms with Gasteiger partial charge in [0.25, 0.3) is 0 Å². The van der Waals surface area contributed by atoms with Gasteiger partial charge in [-0.05, 0) is 57.4 Å². The van der Waals surface area contributed by atoms with Gasteiger partial charge in [0, 0.05) is 30.6 Å². The highest BCUT2D eigenvalue weighted by Crippen LogP contribution is 2.43. The summed E-state index contributed by atoms with van der Waals surface area (Å²) in [4.78, 5) is 2.49. The molecule has 1 fully saturated rings. The highest BCUT2D eigenvalue weighted by atomic mass is 19.1. The molecule has 1 aromatic rings. The van der Waals surface area contributed by atoms with Crippen LogP contribution in [0, 0.1) is 17.7 Å². The van der Waals surface area contributed by atoms with Crippen molar-refractivity contribution in [2.24, 2.45) is 17.6 Å². The molecule has 0 radical (unpaired) electrons. The number of fused-ring (bicyclic) bond motifs is 1. The lowest BCUT2D eigenvalue weighted by molar-refractivity contribution is -0.0122. The lowest BCUT2D eigenvalue weighted by Crippen LogP contribution is -2.53. The number of nitrogens with zero attached hydrogens (tertiary/aromatic N) is 1. The van der Waals surface area contributed by atoms with Crippen molar-refractivity contribution >= 4 is 0 Å². The molecule has 3 unspecified atom stereocenters. The first-order chi connectivity index (χ1) is 10.4. The number of nitrogens with two attached hydrogens (primary N) is 1. The van der Waals surface area contributed by atoms with Gasteiger partial charge in [-0.2, -0.15) is 0 Å². The third-order valence-electron chi connectivity index (χ3n) is 5.23. The van der Waals surface area contributed by atoms with Crippen LogP contribution in [0.1, 0.15) is 45.2 Å². The van der Waals surface area contributed by atoms with Crippen LogP contribution in [0.4, 0.5) is 4.39 Å². The summed E-state index contributed by atoms with van der Waals surface area (Å²) in [6, 6.07) is 4.48. The van der Waals surface area contributed by atoms with Gasteiger partial charge in [-0.1, -0.05) is 6.92 Å². The van der Waals surface area contributed by atoms with Gasteiger partial charge in [-0.15, -0.1) is 0 Å². The molecule has 0 bridgehead atoms. The predicted octanol–water partition coefficient (Wildman–Crippen LogP) is 3.34. The lowest BCUT2D eigenvalue weighted by atomic mass is 9.78. The highest BCUT2D eigenvalue weighted by molar-refractivity contribution is 5.40. The second-order valence-electron chi connectivity index (χ2n) is 7.53. The van der Waals surface area contributed by atoms with E-state index in [2.05, 4.69) is 25.7 Å². The Morgan fingerprint density at radius 2 is 2.18 bits per heavy atom. The fraction of sp³-hybridized carbons (Fsp3) is 0.667. The summed E-state index contributed by atoms with van der Waals surface area (Å²) >= 11 is 0. The molecule has 3 rings (SSSR count). The molecule has 1 aromatic carbocycles. The maximum atomic E-state index is 13.6. The van der Waals surface area contributed by atoms with Gasteiger partial charge >= 0.3 is 0 Å². The quantitative estimate of drug-likeness (QED) is 0.910. The molecule has 122 valence electrons. The number of halogens is 1. The van der Waals surface area contributed by atoms with E-state index in [1.54, 1.807) is 6.07 Å². The monoisotopic (exact) mass is 306 g/mol. The van der Waals surface area contributed by atoms with Crippen LogP contribution in [-0.2, 0) is 0 Å². The molecule has 0 aromatic heterocycles. The standard InChI is InChI=1S/C18H27FN2O/c1-12-5-4-8-21(10-12)11-15-17(20)14-9-13(19)6-7-16(14)22-18(15,2)3/h6-7,9,12,15,17H,4-5,8,10-11,20H2,1-3H3. The Morgan fingerprint density at radius 1 is 1.41 bits per heavy atom. The van der Waals surface area contributed by atoms with Crippen molar-refractivity contribution < 1.29 is 9.13 Å². The fourth-order valence-electron chi connectivity index (χ4n) is 3.95. The van der Waals surface area contributed by atoms with Crippen molar-refractivity contribution in [3.8, 4) is 5.75 Å². The molecule has 22 heavy (non-hydrogen) atoms. The Balaban J connectivity index is 1.83. The van der Waals surface area contributed by atoms with Crippen LogP contribution >= 0.6 is 0 Å². The first-order valence-corrected chi connectivity index (χ1v) is 8.33. The molecule has 0 saturated carbocycles. The zero-order valence-electron chi connectivity index (χ0n) is 13.8. The summed E-state index contributed by atoms with van der Waals surface area (Å²) in [5.41, 5.74) is 6.97. The first kappa shape index (κ1) is 15.8. The second kappa shape index (κ2) is 5.82. The van der Waals surface area contributed by atoms with Crippen molar-refractivity contribution in [3.05, 3.63) is 29.6 Å². The van der Waals surface area contributed by atoms with Gasteiger partial charge < -0.3 is 15.4 Å². The molecule has 2 aliphatic rings. The van der Waals surface area contributed by atoms with Crippen LogP contribution in [0.15, 0.2) is 18.2 Å². The Labute approximate surface area is 132 Å². The molecule has 2 aliphatic heterocycles. The van der Waals surface area contributed by atoms with E-state index in [1.165, 1.54) is 25.0 Å². The minimum absolute atomic E-state index is 0.159. The highest BCUT2D eigenvalue weighted by Gasteiger charge is 2.43. The van der Waals surface area contributed by atoms with E-state index in [0.717, 1.165) is 36.9 Å². The van der Waals surface area contributed by atoms with E-state index < -0.39 is 0 Å². The van der Waals surface area contributed by atoms with Crippen LogP contribution in [0.5, 0.6) is 5.75 Å². The molecule has 3 atom stereocenters. The predicted molar refractivity (Wildman–Crippen MR) is 86.4 cm³/mol. The molecular weight excluding hydrogens is 279 g/mol. The lowest BCUT2D eigenvalue weighted by Gasteiger charge is -2.46. The zero-order valence-corrected chi connectivity index (χ0v) is 13.8. The molecule has 2 heterocycles. The summed E-state index contributed by atoms with van der Waals surface area (Å²) in [6.45, 7) is 9.65. The average molecular weight is 306 g/mol. The summed E-state index contributed by atoms with van der Waals surface area (Å²) in [5, 5.41) is 0. The summed E-state index contributed by atoms with van der Waals surface area (Å²) in [5.74, 6) is 1.37. The number of hydrogen-bond donors (Lipinski definition) is 1. The van der Waals surface area contributed by atoms with E-state index in [1.807, 2.05) is 0 Å². The van der Waals surface area contributed by atoms with Crippen molar-refractivity contribution in [1.82, 2.24) is 4.90 Å². The van der Waals surface area contributed by atoms with Crippen LogP contribution in [0.25, 0.3) is 0 Å². The maximum Gasteiger partial charge on any atom is 0.125 e. The Bertz CT molecular complexity index is 546. The number of ether oxygens (including phenoxy) is 1. The van der Waals surface area contributed by atoms with Crippen molar-refractivity contribution in [3.63, 3.8) is 0 Å². The average Bonchev–Trinajstić information content (AvgIpc) is 2.44. The number of likely N-dealkylation sites (tertiary alicyclic amines) is 1. The van der Waals surface area contributed by atoms with E-state index in [9.17, 15) is 4.39 Å². The molecule has 3 nitrogen and oxygen atoms in total. The molecule has 4 heteroatoms. The smallest absolute Gasteiger partial charge is 0.125 e. The minimum Gasteiger partial charge on any atom is -0.487 e. The van der Waals surface area contributed by atoms with Crippen LogP contribution in [0.2, 0.25) is 0 Å². The number of piperidine rings is 1. The molecule has 0 spiro atoms. The van der Waals surface area contributed by atoms with Gasteiger partial charge in [0.05, 0.1) is 0 Å². The normalized spacial score (nSPS) is 31.4. The minimum atomic E-state index is -0.342.